The zero-order valence-electron chi connectivity index (χ0n) is 12.6. The lowest BCUT2D eigenvalue weighted by atomic mass is 10.0. The van der Waals surface area contributed by atoms with Gasteiger partial charge in [-0.05, 0) is 37.5 Å². The molecular formula is C17H19N5. The van der Waals surface area contributed by atoms with Gasteiger partial charge in [0, 0.05) is 0 Å². The predicted octanol–water partition coefficient (Wildman–Crippen LogP) is 3.55. The third kappa shape index (κ3) is 2.98. The highest BCUT2D eigenvalue weighted by Crippen LogP contribution is 2.23. The van der Waals surface area contributed by atoms with E-state index in [-0.39, 0.29) is 6.04 Å². The molecule has 0 saturated carbocycles. The number of rotatable bonds is 6. The molecular weight excluding hydrogens is 274 g/mol. The summed E-state index contributed by atoms with van der Waals surface area (Å²) in [4.78, 5) is 0. The van der Waals surface area contributed by atoms with Crippen molar-refractivity contribution in [3.05, 3.63) is 66.5 Å². The minimum absolute atomic E-state index is 0.195. The summed E-state index contributed by atoms with van der Waals surface area (Å²) in [7, 11) is 0. The van der Waals surface area contributed by atoms with Crippen LogP contribution in [0, 0.1) is 6.92 Å². The molecule has 5 heteroatoms. The van der Waals surface area contributed by atoms with Crippen molar-refractivity contribution in [1.82, 2.24) is 19.8 Å². The highest BCUT2D eigenvalue weighted by atomic mass is 15.4. The lowest BCUT2D eigenvalue weighted by Gasteiger charge is -2.19. The molecule has 2 heterocycles. The lowest BCUT2D eigenvalue weighted by Crippen LogP contribution is -2.13. The second-order valence-corrected chi connectivity index (χ2v) is 5.21. The van der Waals surface area contributed by atoms with Gasteiger partial charge in [-0.3, -0.25) is 0 Å². The summed E-state index contributed by atoms with van der Waals surface area (Å²) in [5.74, 6) is 1.59. The number of benzene rings is 1. The van der Waals surface area contributed by atoms with E-state index >= 15 is 0 Å². The number of fused-ring (bicyclic) bond motifs is 1. The molecule has 1 atom stereocenters. The highest BCUT2D eigenvalue weighted by molar-refractivity contribution is 5.45. The normalized spacial score (nSPS) is 12.2. The van der Waals surface area contributed by atoms with Crippen molar-refractivity contribution in [2.75, 3.05) is 5.32 Å². The van der Waals surface area contributed by atoms with Crippen molar-refractivity contribution in [3.8, 4) is 0 Å². The molecule has 22 heavy (non-hydrogen) atoms. The largest absolute Gasteiger partial charge is 0.362 e. The third-order valence-corrected chi connectivity index (χ3v) is 3.60. The van der Waals surface area contributed by atoms with Crippen molar-refractivity contribution in [2.24, 2.45) is 0 Å². The van der Waals surface area contributed by atoms with Gasteiger partial charge in [-0.25, -0.2) is 0 Å². The van der Waals surface area contributed by atoms with Crippen molar-refractivity contribution in [3.63, 3.8) is 0 Å². The molecule has 0 amide bonds. The lowest BCUT2D eigenvalue weighted by molar-refractivity contribution is 0.696. The fourth-order valence-corrected chi connectivity index (χ4v) is 2.44. The molecule has 0 aliphatic rings. The van der Waals surface area contributed by atoms with Crippen LogP contribution in [0.5, 0.6) is 0 Å². The molecule has 0 aliphatic carbocycles. The van der Waals surface area contributed by atoms with Crippen LogP contribution in [0.1, 0.15) is 30.3 Å². The predicted molar refractivity (Wildman–Crippen MR) is 87.8 cm³/mol. The zero-order chi connectivity index (χ0) is 15.4. The number of hydrogen-bond acceptors (Lipinski definition) is 4. The van der Waals surface area contributed by atoms with E-state index in [0.717, 1.165) is 30.1 Å². The van der Waals surface area contributed by atoms with E-state index < -0.39 is 0 Å². The maximum Gasteiger partial charge on any atom is 0.178 e. The topological polar surface area (TPSA) is 55.1 Å². The Labute approximate surface area is 129 Å². The number of aryl methyl sites for hydroxylation is 1. The Kier molecular flexibility index (Phi) is 4.14. The summed E-state index contributed by atoms with van der Waals surface area (Å²) in [5, 5.41) is 16.2. The van der Waals surface area contributed by atoms with Crippen molar-refractivity contribution >= 4 is 11.5 Å². The van der Waals surface area contributed by atoms with E-state index in [1.54, 1.807) is 4.52 Å². The highest BCUT2D eigenvalue weighted by Gasteiger charge is 2.12. The number of anilines is 1. The summed E-state index contributed by atoms with van der Waals surface area (Å²) >= 11 is 0. The molecule has 1 unspecified atom stereocenters. The Bertz CT molecular complexity index is 763. The fraction of sp³-hybridized carbons (Fsp3) is 0.235. The standard InChI is InChI=1S/C17H19N5/c1-3-4-10-15(14-8-6-5-7-9-14)18-16-11-12-17-20-19-13(2)22(17)21-16/h3,5-9,11-12,15H,1,4,10H2,2H3,(H,18,21). The second-order valence-electron chi connectivity index (χ2n) is 5.21. The summed E-state index contributed by atoms with van der Waals surface area (Å²) in [6, 6.07) is 14.4. The van der Waals surface area contributed by atoms with Gasteiger partial charge in [0.25, 0.3) is 0 Å². The van der Waals surface area contributed by atoms with E-state index in [1.807, 2.05) is 31.2 Å². The molecule has 3 aromatic rings. The van der Waals surface area contributed by atoms with Crippen LogP contribution >= 0.6 is 0 Å². The summed E-state index contributed by atoms with van der Waals surface area (Å²) in [6.07, 6.45) is 3.85. The van der Waals surface area contributed by atoms with E-state index in [2.05, 4.69) is 51.5 Å². The molecule has 0 fully saturated rings. The Balaban J connectivity index is 1.87. The summed E-state index contributed by atoms with van der Waals surface area (Å²) in [6.45, 7) is 5.71. The molecule has 0 bridgehead atoms. The van der Waals surface area contributed by atoms with Gasteiger partial charge >= 0.3 is 0 Å². The van der Waals surface area contributed by atoms with Crippen LogP contribution in [0.3, 0.4) is 0 Å². The van der Waals surface area contributed by atoms with Gasteiger partial charge in [0.2, 0.25) is 0 Å². The van der Waals surface area contributed by atoms with Gasteiger partial charge in [-0.1, -0.05) is 36.4 Å². The maximum absolute atomic E-state index is 4.56. The van der Waals surface area contributed by atoms with Gasteiger partial charge in [0.1, 0.15) is 5.82 Å². The third-order valence-electron chi connectivity index (χ3n) is 3.60. The second kappa shape index (κ2) is 6.39. The first-order valence-electron chi connectivity index (χ1n) is 7.39. The van der Waals surface area contributed by atoms with Crippen LogP contribution in [-0.4, -0.2) is 19.8 Å². The van der Waals surface area contributed by atoms with Gasteiger partial charge < -0.3 is 5.32 Å². The van der Waals surface area contributed by atoms with Crippen molar-refractivity contribution in [2.45, 2.75) is 25.8 Å². The number of nitrogens with one attached hydrogen (secondary N) is 1. The minimum Gasteiger partial charge on any atom is -0.362 e. The molecule has 3 rings (SSSR count). The van der Waals surface area contributed by atoms with Crippen molar-refractivity contribution < 1.29 is 0 Å². The first kappa shape index (κ1) is 14.3. The average molecular weight is 293 g/mol. The average Bonchev–Trinajstić information content (AvgIpc) is 2.93. The first-order chi connectivity index (χ1) is 10.8. The summed E-state index contributed by atoms with van der Waals surface area (Å²) < 4.78 is 1.75. The van der Waals surface area contributed by atoms with Crippen LogP contribution in [0.25, 0.3) is 5.65 Å². The van der Waals surface area contributed by atoms with Crippen LogP contribution < -0.4 is 5.32 Å². The van der Waals surface area contributed by atoms with E-state index in [1.165, 1.54) is 5.56 Å². The van der Waals surface area contributed by atoms with E-state index in [0.29, 0.717) is 0 Å². The smallest absolute Gasteiger partial charge is 0.178 e. The molecule has 0 spiro atoms. The number of hydrogen-bond donors (Lipinski definition) is 1. The monoisotopic (exact) mass is 293 g/mol. The van der Waals surface area contributed by atoms with E-state index in [4.69, 9.17) is 0 Å². The molecule has 1 aromatic carbocycles. The Morgan fingerprint density at radius 1 is 1.18 bits per heavy atom. The molecule has 5 nitrogen and oxygen atoms in total. The van der Waals surface area contributed by atoms with E-state index in [9.17, 15) is 0 Å². The van der Waals surface area contributed by atoms with Crippen LogP contribution in [0.15, 0.2) is 55.1 Å². The Morgan fingerprint density at radius 2 is 2.00 bits per heavy atom. The quantitative estimate of drug-likeness (QED) is 0.706. The molecule has 1 N–H and O–H groups in total. The maximum atomic E-state index is 4.56. The molecule has 2 aromatic heterocycles. The van der Waals surface area contributed by atoms with Gasteiger partial charge in [-0.15, -0.1) is 21.9 Å². The van der Waals surface area contributed by atoms with Crippen LogP contribution in [-0.2, 0) is 0 Å². The van der Waals surface area contributed by atoms with Gasteiger partial charge in [-0.2, -0.15) is 4.52 Å². The molecule has 0 saturated heterocycles. The van der Waals surface area contributed by atoms with Crippen LogP contribution in [0.4, 0.5) is 5.82 Å². The zero-order valence-corrected chi connectivity index (χ0v) is 12.6. The fourth-order valence-electron chi connectivity index (χ4n) is 2.44. The number of aromatic nitrogens is 4. The van der Waals surface area contributed by atoms with Crippen molar-refractivity contribution in [1.29, 1.82) is 0 Å². The SMILES string of the molecule is C=CCCC(Nc1ccc2nnc(C)n2n1)c1ccccc1. The molecule has 112 valence electrons. The number of nitrogens with zero attached hydrogens (tertiary/aromatic N) is 4. The minimum atomic E-state index is 0.195. The van der Waals surface area contributed by atoms with Crippen LogP contribution in [0.2, 0.25) is 0 Å². The number of allylic oxidation sites excluding steroid dienone is 1. The Morgan fingerprint density at radius 3 is 2.77 bits per heavy atom. The molecule has 0 aliphatic heterocycles. The van der Waals surface area contributed by atoms with Gasteiger partial charge in [0.15, 0.2) is 11.5 Å². The Hall–Kier alpha value is -2.69. The van der Waals surface area contributed by atoms with Gasteiger partial charge in [0.05, 0.1) is 6.04 Å². The first-order valence-corrected chi connectivity index (χ1v) is 7.39. The summed E-state index contributed by atoms with van der Waals surface area (Å²) in [5.41, 5.74) is 2.00. The molecule has 0 radical (unpaired) electrons.